The summed E-state index contributed by atoms with van der Waals surface area (Å²) in [6, 6.07) is 8.16. The first-order valence-corrected chi connectivity index (χ1v) is 8.02. The molecule has 0 saturated carbocycles. The molecule has 0 aliphatic rings. The molecule has 1 aromatic heterocycles. The molecule has 2 N–H and O–H groups in total. The SMILES string of the molecule is CC(=O)c1cccc(NC(=O)c2cncc(C(=O)NCC(C)C)c2)c1. The fraction of sp³-hybridized carbons (Fsp3) is 0.263. The molecule has 2 rings (SSSR count). The summed E-state index contributed by atoms with van der Waals surface area (Å²) in [7, 11) is 0. The monoisotopic (exact) mass is 339 g/mol. The minimum atomic E-state index is -0.397. The second-order valence-corrected chi connectivity index (χ2v) is 6.16. The number of anilines is 1. The van der Waals surface area contributed by atoms with Crippen LogP contribution in [-0.4, -0.2) is 29.1 Å². The van der Waals surface area contributed by atoms with Crippen molar-refractivity contribution in [3.8, 4) is 0 Å². The van der Waals surface area contributed by atoms with Gasteiger partial charge in [0.1, 0.15) is 0 Å². The van der Waals surface area contributed by atoms with Gasteiger partial charge in [-0.15, -0.1) is 0 Å². The van der Waals surface area contributed by atoms with E-state index in [9.17, 15) is 14.4 Å². The van der Waals surface area contributed by atoms with Crippen LogP contribution in [0.4, 0.5) is 5.69 Å². The smallest absolute Gasteiger partial charge is 0.257 e. The van der Waals surface area contributed by atoms with E-state index in [1.54, 1.807) is 24.3 Å². The van der Waals surface area contributed by atoms with E-state index < -0.39 is 5.91 Å². The van der Waals surface area contributed by atoms with Gasteiger partial charge in [0.2, 0.25) is 0 Å². The van der Waals surface area contributed by atoms with E-state index >= 15 is 0 Å². The molecule has 1 aromatic carbocycles. The van der Waals surface area contributed by atoms with Gasteiger partial charge in [0.05, 0.1) is 11.1 Å². The van der Waals surface area contributed by atoms with Crippen LogP contribution in [0.2, 0.25) is 0 Å². The molecule has 0 bridgehead atoms. The van der Waals surface area contributed by atoms with E-state index in [1.807, 2.05) is 13.8 Å². The van der Waals surface area contributed by atoms with Crippen molar-refractivity contribution in [3.63, 3.8) is 0 Å². The largest absolute Gasteiger partial charge is 0.352 e. The van der Waals surface area contributed by atoms with Gasteiger partial charge < -0.3 is 10.6 Å². The molecule has 130 valence electrons. The van der Waals surface area contributed by atoms with Crippen LogP contribution in [0.3, 0.4) is 0 Å². The molecule has 25 heavy (non-hydrogen) atoms. The number of benzene rings is 1. The molecule has 0 saturated heterocycles. The number of aromatic nitrogens is 1. The van der Waals surface area contributed by atoms with Gasteiger partial charge in [-0.3, -0.25) is 19.4 Å². The van der Waals surface area contributed by atoms with E-state index in [0.717, 1.165) is 0 Å². The number of carbonyl (C=O) groups excluding carboxylic acids is 3. The zero-order chi connectivity index (χ0) is 18.4. The quantitative estimate of drug-likeness (QED) is 0.792. The van der Waals surface area contributed by atoms with Gasteiger partial charge >= 0.3 is 0 Å². The van der Waals surface area contributed by atoms with Crippen LogP contribution >= 0.6 is 0 Å². The molecular weight excluding hydrogens is 318 g/mol. The maximum Gasteiger partial charge on any atom is 0.257 e. The number of rotatable bonds is 6. The minimum absolute atomic E-state index is 0.0819. The van der Waals surface area contributed by atoms with Gasteiger partial charge in [0.15, 0.2) is 5.78 Å². The molecule has 1 heterocycles. The molecule has 0 radical (unpaired) electrons. The number of hydrogen-bond donors (Lipinski definition) is 2. The minimum Gasteiger partial charge on any atom is -0.352 e. The van der Waals surface area contributed by atoms with E-state index in [0.29, 0.717) is 29.3 Å². The molecule has 0 atom stereocenters. The number of amides is 2. The molecule has 6 heteroatoms. The number of pyridine rings is 1. The van der Waals surface area contributed by atoms with Gasteiger partial charge in [-0.25, -0.2) is 0 Å². The summed E-state index contributed by atoms with van der Waals surface area (Å²) in [4.78, 5) is 39.8. The van der Waals surface area contributed by atoms with E-state index in [4.69, 9.17) is 0 Å². The molecule has 6 nitrogen and oxygen atoms in total. The molecule has 0 unspecified atom stereocenters. The van der Waals surface area contributed by atoms with Crippen LogP contribution in [0.5, 0.6) is 0 Å². The standard InChI is InChI=1S/C19H21N3O3/c1-12(2)9-21-18(24)15-7-16(11-20-10-15)19(25)22-17-6-4-5-14(8-17)13(3)23/h4-8,10-12H,9H2,1-3H3,(H,21,24)(H,22,25). The third kappa shape index (κ3) is 5.24. The van der Waals surface area contributed by atoms with Crippen LogP contribution in [0.1, 0.15) is 51.8 Å². The Kier molecular flexibility index (Phi) is 6.00. The first-order chi connectivity index (χ1) is 11.9. The Morgan fingerprint density at radius 1 is 1.00 bits per heavy atom. The van der Waals surface area contributed by atoms with Gasteiger partial charge in [0, 0.05) is 30.2 Å². The summed E-state index contributed by atoms with van der Waals surface area (Å²) < 4.78 is 0. The number of hydrogen-bond acceptors (Lipinski definition) is 4. The summed E-state index contributed by atoms with van der Waals surface area (Å²) >= 11 is 0. The molecule has 2 amide bonds. The highest BCUT2D eigenvalue weighted by Gasteiger charge is 2.12. The molecule has 0 aliphatic carbocycles. The van der Waals surface area contributed by atoms with Gasteiger partial charge in [-0.05, 0) is 31.0 Å². The van der Waals surface area contributed by atoms with Crippen molar-refractivity contribution in [2.24, 2.45) is 5.92 Å². The average Bonchev–Trinajstić information content (AvgIpc) is 2.60. The highest BCUT2D eigenvalue weighted by atomic mass is 16.2. The third-order valence-corrected chi connectivity index (χ3v) is 3.46. The van der Waals surface area contributed by atoms with Crippen LogP contribution in [0, 0.1) is 5.92 Å². The molecular formula is C19H21N3O3. The van der Waals surface area contributed by atoms with Crippen LogP contribution in [0.25, 0.3) is 0 Å². The van der Waals surface area contributed by atoms with Crippen molar-refractivity contribution < 1.29 is 14.4 Å². The van der Waals surface area contributed by atoms with Crippen molar-refractivity contribution in [3.05, 3.63) is 59.4 Å². The molecule has 0 fully saturated rings. The zero-order valence-electron chi connectivity index (χ0n) is 14.5. The fourth-order valence-corrected chi connectivity index (χ4v) is 2.11. The topological polar surface area (TPSA) is 88.2 Å². The van der Waals surface area contributed by atoms with Crippen LogP contribution in [0.15, 0.2) is 42.7 Å². The summed E-state index contributed by atoms with van der Waals surface area (Å²) in [5.41, 5.74) is 1.61. The number of carbonyl (C=O) groups is 3. The Balaban J connectivity index is 2.12. The van der Waals surface area contributed by atoms with Gasteiger partial charge in [-0.2, -0.15) is 0 Å². The Morgan fingerprint density at radius 2 is 1.68 bits per heavy atom. The molecule has 2 aromatic rings. The summed E-state index contributed by atoms with van der Waals surface area (Å²) in [6.07, 6.45) is 2.81. The first kappa shape index (κ1) is 18.3. The number of ketones is 1. The second-order valence-electron chi connectivity index (χ2n) is 6.16. The van der Waals surface area contributed by atoms with E-state index in [-0.39, 0.29) is 17.3 Å². The summed E-state index contributed by atoms with van der Waals surface area (Å²) in [5, 5.41) is 5.49. The zero-order valence-corrected chi connectivity index (χ0v) is 14.5. The fourth-order valence-electron chi connectivity index (χ4n) is 2.11. The highest BCUT2D eigenvalue weighted by Crippen LogP contribution is 2.13. The number of nitrogens with one attached hydrogen (secondary N) is 2. The number of Topliss-reactive ketones (excluding diaryl/α,β-unsaturated/α-hetero) is 1. The van der Waals surface area contributed by atoms with Gasteiger partial charge in [0.25, 0.3) is 11.8 Å². The molecule has 0 spiro atoms. The van der Waals surface area contributed by atoms with Gasteiger partial charge in [-0.1, -0.05) is 26.0 Å². The Bertz CT molecular complexity index is 800. The van der Waals surface area contributed by atoms with Crippen molar-refractivity contribution in [1.82, 2.24) is 10.3 Å². The second kappa shape index (κ2) is 8.19. The maximum atomic E-state index is 12.4. The van der Waals surface area contributed by atoms with Crippen molar-refractivity contribution in [1.29, 1.82) is 0 Å². The maximum absolute atomic E-state index is 12.4. The molecule has 0 aliphatic heterocycles. The van der Waals surface area contributed by atoms with Crippen LogP contribution < -0.4 is 10.6 Å². The normalized spacial score (nSPS) is 10.4. The predicted octanol–water partition coefficient (Wildman–Crippen LogP) is 2.92. The Morgan fingerprint density at radius 3 is 2.32 bits per heavy atom. The lowest BCUT2D eigenvalue weighted by Gasteiger charge is -2.09. The summed E-state index contributed by atoms with van der Waals surface area (Å²) in [5.74, 6) is -0.417. The first-order valence-electron chi connectivity index (χ1n) is 8.02. The Labute approximate surface area is 146 Å². The van der Waals surface area contributed by atoms with E-state index in [2.05, 4.69) is 15.6 Å². The highest BCUT2D eigenvalue weighted by molar-refractivity contribution is 6.06. The lowest BCUT2D eigenvalue weighted by molar-refractivity contribution is 0.0947. The third-order valence-electron chi connectivity index (χ3n) is 3.46. The van der Waals surface area contributed by atoms with Crippen molar-refractivity contribution in [2.75, 3.05) is 11.9 Å². The lowest BCUT2D eigenvalue weighted by Crippen LogP contribution is -2.27. The number of nitrogens with zero attached hydrogens (tertiary/aromatic N) is 1. The average molecular weight is 339 g/mol. The van der Waals surface area contributed by atoms with Crippen molar-refractivity contribution in [2.45, 2.75) is 20.8 Å². The van der Waals surface area contributed by atoms with Crippen LogP contribution in [-0.2, 0) is 0 Å². The predicted molar refractivity (Wildman–Crippen MR) is 95.8 cm³/mol. The lowest BCUT2D eigenvalue weighted by atomic mass is 10.1. The van der Waals surface area contributed by atoms with E-state index in [1.165, 1.54) is 25.4 Å². The Hall–Kier alpha value is -3.02. The summed E-state index contributed by atoms with van der Waals surface area (Å²) in [6.45, 7) is 6.01. The van der Waals surface area contributed by atoms with Crippen molar-refractivity contribution >= 4 is 23.3 Å².